The number of nitrogen functional groups attached to an aromatic ring is 1. The molecule has 6 heteroatoms. The summed E-state index contributed by atoms with van der Waals surface area (Å²) < 4.78 is 0. The lowest BCUT2D eigenvalue weighted by atomic mass is 10.3. The first kappa shape index (κ1) is 13.7. The van der Waals surface area contributed by atoms with Crippen LogP contribution in [0.3, 0.4) is 0 Å². The highest BCUT2D eigenvalue weighted by molar-refractivity contribution is 7.99. The fourth-order valence-electron chi connectivity index (χ4n) is 1.85. The lowest BCUT2D eigenvalue weighted by Crippen LogP contribution is -2.39. The number of aryl methyl sites for hydroxylation is 1. The van der Waals surface area contributed by atoms with E-state index in [1.165, 1.54) is 22.8 Å². The maximum absolute atomic E-state index is 11.9. The summed E-state index contributed by atoms with van der Waals surface area (Å²) >= 11 is 3.45. The lowest BCUT2D eigenvalue weighted by Gasteiger charge is -2.25. The molecule has 0 aromatic carbocycles. The van der Waals surface area contributed by atoms with Crippen LogP contribution >= 0.6 is 23.1 Å². The Balaban J connectivity index is 1.74. The third kappa shape index (κ3) is 3.63. The maximum Gasteiger partial charge on any atom is 0.261 e. The largest absolute Gasteiger partial charge is 0.398 e. The van der Waals surface area contributed by atoms with Crippen molar-refractivity contribution in [1.82, 2.24) is 10.2 Å². The monoisotopic (exact) mass is 285 g/mol. The van der Waals surface area contributed by atoms with Crippen LogP contribution in [0, 0.1) is 6.92 Å². The van der Waals surface area contributed by atoms with Crippen molar-refractivity contribution < 1.29 is 4.79 Å². The molecule has 4 nitrogen and oxygen atoms in total. The minimum Gasteiger partial charge on any atom is -0.398 e. The number of amides is 1. The first-order chi connectivity index (χ1) is 8.66. The molecule has 0 saturated carbocycles. The topological polar surface area (TPSA) is 58.4 Å². The quantitative estimate of drug-likeness (QED) is 0.878. The zero-order valence-electron chi connectivity index (χ0n) is 10.6. The summed E-state index contributed by atoms with van der Waals surface area (Å²) in [7, 11) is 0. The first-order valence-corrected chi connectivity index (χ1v) is 8.08. The third-order valence-electron chi connectivity index (χ3n) is 3.00. The average molecular weight is 285 g/mol. The Morgan fingerprint density at radius 2 is 2.22 bits per heavy atom. The lowest BCUT2D eigenvalue weighted by molar-refractivity contribution is 0.0953. The van der Waals surface area contributed by atoms with Crippen molar-refractivity contribution in [2.45, 2.75) is 6.92 Å². The van der Waals surface area contributed by atoms with Crippen molar-refractivity contribution >= 4 is 34.7 Å². The Bertz CT molecular complexity index is 394. The number of thioether (sulfide) groups is 1. The number of nitrogens with zero attached hydrogens (tertiary/aromatic N) is 1. The fraction of sp³-hybridized carbons (Fsp3) is 0.583. The molecule has 0 aliphatic carbocycles. The predicted octanol–water partition coefficient (Wildman–Crippen LogP) is 1.42. The zero-order valence-corrected chi connectivity index (χ0v) is 12.2. The number of hydrogen-bond acceptors (Lipinski definition) is 5. The van der Waals surface area contributed by atoms with E-state index in [4.69, 9.17) is 5.73 Å². The highest BCUT2D eigenvalue weighted by atomic mass is 32.2. The Kier molecular flexibility index (Phi) is 4.91. The van der Waals surface area contributed by atoms with E-state index in [2.05, 4.69) is 10.2 Å². The number of nitrogens with two attached hydrogens (primary N) is 1. The van der Waals surface area contributed by atoms with E-state index in [1.54, 1.807) is 6.07 Å². The normalized spacial score (nSPS) is 16.7. The van der Waals surface area contributed by atoms with Gasteiger partial charge >= 0.3 is 0 Å². The number of carbonyl (C=O) groups is 1. The number of thiophene rings is 1. The molecule has 1 aliphatic rings. The van der Waals surface area contributed by atoms with Crippen LogP contribution in [0.5, 0.6) is 0 Å². The number of anilines is 1. The molecule has 2 rings (SSSR count). The molecule has 0 bridgehead atoms. The van der Waals surface area contributed by atoms with Crippen molar-refractivity contribution in [2.75, 3.05) is 43.4 Å². The van der Waals surface area contributed by atoms with E-state index >= 15 is 0 Å². The highest BCUT2D eigenvalue weighted by Crippen LogP contribution is 2.23. The van der Waals surface area contributed by atoms with Crippen molar-refractivity contribution in [3.63, 3.8) is 0 Å². The van der Waals surface area contributed by atoms with E-state index in [0.29, 0.717) is 17.1 Å². The van der Waals surface area contributed by atoms with Crippen LogP contribution < -0.4 is 11.1 Å². The van der Waals surface area contributed by atoms with Gasteiger partial charge in [0.25, 0.3) is 5.91 Å². The fourth-order valence-corrected chi connectivity index (χ4v) is 3.68. The van der Waals surface area contributed by atoms with Crippen LogP contribution in [0.2, 0.25) is 0 Å². The predicted molar refractivity (Wildman–Crippen MR) is 79.6 cm³/mol. The molecule has 0 spiro atoms. The van der Waals surface area contributed by atoms with Crippen LogP contribution in [0.15, 0.2) is 6.07 Å². The van der Waals surface area contributed by atoms with Gasteiger partial charge in [0.2, 0.25) is 0 Å². The standard InChI is InChI=1S/C12H19N3OS2/c1-9-10(13)8-11(18-9)12(16)14-2-3-15-4-6-17-7-5-15/h8H,2-7,13H2,1H3,(H,14,16). The van der Waals surface area contributed by atoms with Gasteiger partial charge in [-0.2, -0.15) is 11.8 Å². The molecule has 100 valence electrons. The first-order valence-electron chi connectivity index (χ1n) is 6.11. The minimum absolute atomic E-state index is 0.00816. The van der Waals surface area contributed by atoms with E-state index in [-0.39, 0.29) is 5.91 Å². The summed E-state index contributed by atoms with van der Waals surface area (Å²) in [5.74, 6) is 2.40. The zero-order chi connectivity index (χ0) is 13.0. The molecule has 0 radical (unpaired) electrons. The van der Waals surface area contributed by atoms with Gasteiger partial charge in [-0.05, 0) is 13.0 Å². The Hall–Kier alpha value is -0.720. The summed E-state index contributed by atoms with van der Waals surface area (Å²) in [5, 5.41) is 2.95. The third-order valence-corrected chi connectivity index (χ3v) is 5.00. The van der Waals surface area contributed by atoms with Gasteiger partial charge in [0.15, 0.2) is 0 Å². The van der Waals surface area contributed by atoms with Crippen molar-refractivity contribution in [1.29, 1.82) is 0 Å². The van der Waals surface area contributed by atoms with E-state index in [9.17, 15) is 4.79 Å². The Morgan fingerprint density at radius 3 is 2.83 bits per heavy atom. The van der Waals surface area contributed by atoms with E-state index in [0.717, 1.165) is 24.5 Å². The van der Waals surface area contributed by atoms with Gasteiger partial charge in [-0.25, -0.2) is 0 Å². The van der Waals surface area contributed by atoms with Crippen LogP contribution in [0.1, 0.15) is 14.5 Å². The number of hydrogen-bond donors (Lipinski definition) is 2. The second-order valence-corrected chi connectivity index (χ2v) is 6.81. The summed E-state index contributed by atoms with van der Waals surface area (Å²) in [6, 6.07) is 1.76. The molecule has 1 aliphatic heterocycles. The van der Waals surface area contributed by atoms with Crippen molar-refractivity contribution in [2.24, 2.45) is 0 Å². The second kappa shape index (κ2) is 6.45. The molecule has 0 unspecified atom stereocenters. The summed E-state index contributed by atoms with van der Waals surface area (Å²) in [5.41, 5.74) is 6.45. The molecule has 1 saturated heterocycles. The van der Waals surface area contributed by atoms with Gasteiger partial charge in [0.05, 0.1) is 4.88 Å². The minimum atomic E-state index is -0.00816. The van der Waals surface area contributed by atoms with Crippen molar-refractivity contribution in [3.05, 3.63) is 15.8 Å². The Labute approximate surface area is 116 Å². The Morgan fingerprint density at radius 1 is 1.50 bits per heavy atom. The maximum atomic E-state index is 11.9. The van der Waals surface area contributed by atoms with Gasteiger partial charge < -0.3 is 11.1 Å². The summed E-state index contributed by atoms with van der Waals surface area (Å²) in [4.78, 5) is 16.0. The van der Waals surface area contributed by atoms with E-state index in [1.807, 2.05) is 18.7 Å². The van der Waals surface area contributed by atoms with Crippen LogP contribution in [0.25, 0.3) is 0 Å². The molecule has 3 N–H and O–H groups in total. The smallest absolute Gasteiger partial charge is 0.261 e. The SMILES string of the molecule is Cc1sc(C(=O)NCCN2CCSCC2)cc1N. The molecule has 1 amide bonds. The summed E-state index contributed by atoms with van der Waals surface area (Å²) in [6.45, 7) is 5.84. The van der Waals surface area contributed by atoms with Crippen LogP contribution in [0.4, 0.5) is 5.69 Å². The van der Waals surface area contributed by atoms with Crippen molar-refractivity contribution in [3.8, 4) is 0 Å². The number of nitrogens with one attached hydrogen (secondary N) is 1. The molecule has 1 aromatic heterocycles. The molecule has 18 heavy (non-hydrogen) atoms. The van der Waals surface area contributed by atoms with Gasteiger partial charge in [-0.1, -0.05) is 0 Å². The van der Waals surface area contributed by atoms with Crippen LogP contribution in [-0.2, 0) is 0 Å². The van der Waals surface area contributed by atoms with Gasteiger partial charge in [-0.3, -0.25) is 9.69 Å². The molecule has 1 fully saturated rings. The highest BCUT2D eigenvalue weighted by Gasteiger charge is 2.12. The molecular formula is C12H19N3OS2. The van der Waals surface area contributed by atoms with Crippen LogP contribution in [-0.4, -0.2) is 48.5 Å². The van der Waals surface area contributed by atoms with Gasteiger partial charge in [-0.15, -0.1) is 11.3 Å². The molecule has 0 atom stereocenters. The molecule has 2 heterocycles. The molecule has 1 aromatic rings. The van der Waals surface area contributed by atoms with E-state index < -0.39 is 0 Å². The molecular weight excluding hydrogens is 266 g/mol. The van der Waals surface area contributed by atoms with Gasteiger partial charge in [0.1, 0.15) is 0 Å². The number of rotatable bonds is 4. The summed E-state index contributed by atoms with van der Waals surface area (Å²) in [6.07, 6.45) is 0. The second-order valence-electron chi connectivity index (χ2n) is 4.33. The van der Waals surface area contributed by atoms with Gasteiger partial charge in [0, 0.05) is 48.2 Å². The number of carbonyl (C=O) groups excluding carboxylic acids is 1. The average Bonchev–Trinajstić information content (AvgIpc) is 2.71.